The second-order valence-electron chi connectivity index (χ2n) is 4.70. The lowest BCUT2D eigenvalue weighted by atomic mass is 10.1. The van der Waals surface area contributed by atoms with Crippen LogP contribution in [0, 0.1) is 0 Å². The van der Waals surface area contributed by atoms with E-state index in [2.05, 4.69) is 12.6 Å². The predicted molar refractivity (Wildman–Crippen MR) is 77.4 cm³/mol. The molecular formula is C13H17NO3S2. The van der Waals surface area contributed by atoms with Gasteiger partial charge in [0.1, 0.15) is 0 Å². The molecule has 19 heavy (non-hydrogen) atoms. The third kappa shape index (κ3) is 3.58. The van der Waals surface area contributed by atoms with Crippen LogP contribution in [0.1, 0.15) is 24.8 Å². The van der Waals surface area contributed by atoms with Crippen molar-refractivity contribution in [2.45, 2.75) is 31.1 Å². The maximum atomic E-state index is 12.4. The van der Waals surface area contributed by atoms with E-state index in [1.54, 1.807) is 12.1 Å². The van der Waals surface area contributed by atoms with Crippen LogP contribution >= 0.6 is 12.6 Å². The maximum Gasteiger partial charge on any atom is 0.218 e. The van der Waals surface area contributed by atoms with Crippen LogP contribution in [0.25, 0.3) is 0 Å². The van der Waals surface area contributed by atoms with Crippen molar-refractivity contribution in [3.63, 3.8) is 0 Å². The lowest BCUT2D eigenvalue weighted by molar-refractivity contribution is -0.114. The van der Waals surface area contributed by atoms with Gasteiger partial charge in [-0.25, -0.2) is 8.42 Å². The van der Waals surface area contributed by atoms with Gasteiger partial charge in [0.05, 0.1) is 11.8 Å². The third-order valence-electron chi connectivity index (χ3n) is 3.29. The molecule has 1 fully saturated rings. The van der Waals surface area contributed by atoms with Gasteiger partial charge < -0.3 is 0 Å². The van der Waals surface area contributed by atoms with Gasteiger partial charge in [-0.1, -0.05) is 36.8 Å². The maximum absolute atomic E-state index is 12.4. The summed E-state index contributed by atoms with van der Waals surface area (Å²) in [4.78, 5) is 11.5. The van der Waals surface area contributed by atoms with E-state index in [1.807, 2.05) is 18.2 Å². The zero-order valence-corrected chi connectivity index (χ0v) is 12.2. The molecule has 0 saturated carbocycles. The first-order valence-corrected chi connectivity index (χ1v) is 8.32. The van der Waals surface area contributed by atoms with Gasteiger partial charge in [-0.15, -0.1) is 12.6 Å². The molecule has 4 nitrogen and oxygen atoms in total. The highest BCUT2D eigenvalue weighted by molar-refractivity contribution is 7.97. The number of hydrogen-bond donors (Lipinski definition) is 1. The van der Waals surface area contributed by atoms with E-state index >= 15 is 0 Å². The fraction of sp³-hybridized carbons (Fsp3) is 0.462. The summed E-state index contributed by atoms with van der Waals surface area (Å²) < 4.78 is 26.1. The SMILES string of the molecule is O=C(S)C1CCCCN1S(=O)(=O)Cc1ccccc1. The molecule has 0 bridgehead atoms. The summed E-state index contributed by atoms with van der Waals surface area (Å²) >= 11 is 3.81. The van der Waals surface area contributed by atoms with Gasteiger partial charge in [0, 0.05) is 6.54 Å². The van der Waals surface area contributed by atoms with Gasteiger partial charge in [-0.3, -0.25) is 4.79 Å². The van der Waals surface area contributed by atoms with Crippen molar-refractivity contribution in [3.8, 4) is 0 Å². The molecule has 0 amide bonds. The number of rotatable bonds is 4. The van der Waals surface area contributed by atoms with Crippen LogP contribution in [-0.4, -0.2) is 30.4 Å². The van der Waals surface area contributed by atoms with E-state index in [-0.39, 0.29) is 10.9 Å². The molecule has 1 aromatic rings. The summed E-state index contributed by atoms with van der Waals surface area (Å²) in [7, 11) is -3.47. The van der Waals surface area contributed by atoms with Crippen LogP contribution in [0.2, 0.25) is 0 Å². The van der Waals surface area contributed by atoms with Crippen molar-refractivity contribution >= 4 is 27.8 Å². The average Bonchev–Trinajstić information content (AvgIpc) is 2.39. The molecular weight excluding hydrogens is 282 g/mol. The van der Waals surface area contributed by atoms with Crippen LogP contribution in [0.5, 0.6) is 0 Å². The minimum absolute atomic E-state index is 0.0641. The number of carbonyl (C=O) groups excluding carboxylic acids is 1. The Morgan fingerprint density at radius 1 is 1.26 bits per heavy atom. The van der Waals surface area contributed by atoms with Gasteiger partial charge in [-0.05, 0) is 18.4 Å². The van der Waals surface area contributed by atoms with Crippen LogP contribution in [-0.2, 0) is 20.6 Å². The molecule has 1 aromatic carbocycles. The molecule has 0 radical (unpaired) electrons. The second kappa shape index (κ2) is 6.07. The molecule has 104 valence electrons. The zero-order valence-electron chi connectivity index (χ0n) is 10.5. The fourth-order valence-corrected chi connectivity index (χ4v) is 4.47. The van der Waals surface area contributed by atoms with E-state index in [1.165, 1.54) is 4.31 Å². The van der Waals surface area contributed by atoms with Crippen molar-refractivity contribution in [1.29, 1.82) is 0 Å². The average molecular weight is 299 g/mol. The van der Waals surface area contributed by atoms with Gasteiger partial charge in [0.2, 0.25) is 15.1 Å². The molecule has 0 N–H and O–H groups in total. The Morgan fingerprint density at radius 2 is 1.95 bits per heavy atom. The normalized spacial score (nSPS) is 21.2. The number of benzene rings is 1. The van der Waals surface area contributed by atoms with E-state index in [9.17, 15) is 13.2 Å². The van der Waals surface area contributed by atoms with Crippen LogP contribution in [0.4, 0.5) is 0 Å². The van der Waals surface area contributed by atoms with Gasteiger partial charge in [0.25, 0.3) is 0 Å². The molecule has 1 unspecified atom stereocenters. The zero-order chi connectivity index (χ0) is 13.9. The minimum atomic E-state index is -3.47. The van der Waals surface area contributed by atoms with E-state index in [0.29, 0.717) is 13.0 Å². The second-order valence-corrected chi connectivity index (χ2v) is 7.06. The molecule has 1 heterocycles. The summed E-state index contributed by atoms with van der Waals surface area (Å²) in [6.45, 7) is 0.409. The highest BCUT2D eigenvalue weighted by Gasteiger charge is 2.35. The fourth-order valence-electron chi connectivity index (χ4n) is 2.35. The molecule has 2 rings (SSSR count). The largest absolute Gasteiger partial charge is 0.286 e. The third-order valence-corrected chi connectivity index (χ3v) is 5.44. The lowest BCUT2D eigenvalue weighted by Gasteiger charge is -2.32. The summed E-state index contributed by atoms with van der Waals surface area (Å²) in [6, 6.07) is 8.41. The molecule has 6 heteroatoms. The number of nitrogens with zero attached hydrogens (tertiary/aromatic N) is 1. The van der Waals surface area contributed by atoms with Crippen molar-refractivity contribution in [3.05, 3.63) is 35.9 Å². The quantitative estimate of drug-likeness (QED) is 0.863. The van der Waals surface area contributed by atoms with E-state index in [0.717, 1.165) is 18.4 Å². The topological polar surface area (TPSA) is 54.5 Å². The van der Waals surface area contributed by atoms with E-state index in [4.69, 9.17) is 0 Å². The first kappa shape index (κ1) is 14.6. The first-order valence-electron chi connectivity index (χ1n) is 6.27. The number of piperidine rings is 1. The standard InChI is InChI=1S/C13H17NO3S2/c15-13(18)12-8-4-5-9-14(12)19(16,17)10-11-6-2-1-3-7-11/h1-3,6-7,12H,4-5,8-10H2,(H,15,18). The highest BCUT2D eigenvalue weighted by Crippen LogP contribution is 2.24. The number of hydrogen-bond acceptors (Lipinski definition) is 3. The molecule has 0 spiro atoms. The number of carbonyl (C=O) groups is 1. The Bertz CT molecular complexity index is 542. The molecule has 0 aliphatic carbocycles. The van der Waals surface area contributed by atoms with Gasteiger partial charge >= 0.3 is 0 Å². The highest BCUT2D eigenvalue weighted by atomic mass is 32.2. The minimum Gasteiger partial charge on any atom is -0.286 e. The Labute approximate surface area is 119 Å². The van der Waals surface area contributed by atoms with Gasteiger partial charge in [0.15, 0.2) is 0 Å². The van der Waals surface area contributed by atoms with Gasteiger partial charge in [-0.2, -0.15) is 4.31 Å². The molecule has 1 aliphatic rings. The number of sulfonamides is 1. The van der Waals surface area contributed by atoms with Crippen LogP contribution in [0.3, 0.4) is 0 Å². The van der Waals surface area contributed by atoms with Crippen LogP contribution < -0.4 is 0 Å². The molecule has 1 atom stereocenters. The Hall–Kier alpha value is -0.850. The molecule has 1 saturated heterocycles. The first-order chi connectivity index (χ1) is 9.00. The Kier molecular flexibility index (Phi) is 4.65. The summed E-state index contributed by atoms with van der Waals surface area (Å²) in [5.74, 6) is -0.0641. The lowest BCUT2D eigenvalue weighted by Crippen LogP contribution is -2.47. The summed E-state index contributed by atoms with van der Waals surface area (Å²) in [5.41, 5.74) is 0.735. The van der Waals surface area contributed by atoms with Crippen molar-refractivity contribution < 1.29 is 13.2 Å². The molecule has 0 aromatic heterocycles. The predicted octanol–water partition coefficient (Wildman–Crippen LogP) is 1.83. The van der Waals surface area contributed by atoms with Crippen molar-refractivity contribution in [2.75, 3.05) is 6.54 Å². The van der Waals surface area contributed by atoms with Crippen molar-refractivity contribution in [2.24, 2.45) is 0 Å². The van der Waals surface area contributed by atoms with Crippen LogP contribution in [0.15, 0.2) is 30.3 Å². The monoisotopic (exact) mass is 299 g/mol. The summed E-state index contributed by atoms with van der Waals surface area (Å²) in [6.07, 6.45) is 2.23. The Balaban J connectivity index is 2.20. The van der Waals surface area contributed by atoms with E-state index < -0.39 is 16.1 Å². The molecule has 1 aliphatic heterocycles. The number of thiol groups is 1. The van der Waals surface area contributed by atoms with Crippen molar-refractivity contribution in [1.82, 2.24) is 4.31 Å². The smallest absolute Gasteiger partial charge is 0.218 e. The summed E-state index contributed by atoms with van der Waals surface area (Å²) in [5, 5.41) is -0.365. The Morgan fingerprint density at radius 3 is 2.58 bits per heavy atom.